The highest BCUT2D eigenvalue weighted by Crippen LogP contribution is 2.30. The summed E-state index contributed by atoms with van der Waals surface area (Å²) in [7, 11) is 0. The summed E-state index contributed by atoms with van der Waals surface area (Å²) in [6.45, 7) is 0. The van der Waals surface area contributed by atoms with E-state index in [-0.39, 0.29) is 55.1 Å². The molecular weight excluding hydrogens is 415 g/mol. The van der Waals surface area contributed by atoms with Crippen LogP contribution in [0.3, 0.4) is 0 Å². The van der Waals surface area contributed by atoms with Crippen molar-refractivity contribution in [3.05, 3.63) is 66.2 Å². The van der Waals surface area contributed by atoms with Crippen LogP contribution in [0.5, 0.6) is 0 Å². The molecule has 2 aromatic carbocycles. The van der Waals surface area contributed by atoms with Gasteiger partial charge in [-0.1, -0.05) is 23.2 Å². The fourth-order valence-corrected chi connectivity index (χ4v) is 3.10. The third-order valence-electron chi connectivity index (χ3n) is 3.92. The number of imidazole rings is 2. The SMILES string of the molecule is O=C(c1nc2cc(Cl)c([N+](=O)[O-])cc2[nH]1)c1nc2cc(Cl)c([N+](=O)[O-])cc2[nH]1. The normalized spacial score (nSPS) is 11.2. The van der Waals surface area contributed by atoms with Gasteiger partial charge < -0.3 is 9.97 Å². The molecule has 0 amide bonds. The molecule has 0 fully saturated rings. The number of aromatic amines is 2. The van der Waals surface area contributed by atoms with Crippen LogP contribution in [0.15, 0.2) is 24.3 Å². The lowest BCUT2D eigenvalue weighted by molar-refractivity contribution is -0.384. The van der Waals surface area contributed by atoms with Gasteiger partial charge in [0.1, 0.15) is 10.0 Å². The molecule has 140 valence electrons. The Kier molecular flexibility index (Phi) is 3.98. The highest BCUT2D eigenvalue weighted by Gasteiger charge is 2.22. The van der Waals surface area contributed by atoms with Crippen molar-refractivity contribution in [2.75, 3.05) is 0 Å². The maximum Gasteiger partial charge on any atom is 0.290 e. The van der Waals surface area contributed by atoms with E-state index in [0.29, 0.717) is 0 Å². The van der Waals surface area contributed by atoms with E-state index in [4.69, 9.17) is 23.2 Å². The van der Waals surface area contributed by atoms with Crippen molar-refractivity contribution in [3.63, 3.8) is 0 Å². The predicted molar refractivity (Wildman–Crippen MR) is 98.9 cm³/mol. The molecule has 4 rings (SSSR count). The number of aromatic nitrogens is 4. The Bertz CT molecular complexity index is 1230. The molecule has 0 atom stereocenters. The summed E-state index contributed by atoms with van der Waals surface area (Å²) >= 11 is 11.7. The Morgan fingerprint density at radius 2 is 1.21 bits per heavy atom. The molecule has 11 nitrogen and oxygen atoms in total. The minimum atomic E-state index is -0.653. The Hall–Kier alpha value is -3.57. The smallest absolute Gasteiger partial charge is 0.290 e. The molecule has 0 spiro atoms. The summed E-state index contributed by atoms with van der Waals surface area (Å²) in [4.78, 5) is 46.8. The maximum absolute atomic E-state index is 12.7. The number of hydrogen-bond donors (Lipinski definition) is 2. The lowest BCUT2D eigenvalue weighted by Gasteiger charge is -1.94. The molecule has 13 heteroatoms. The Labute approximate surface area is 163 Å². The summed E-state index contributed by atoms with van der Waals surface area (Å²) in [5.74, 6) is -0.914. The van der Waals surface area contributed by atoms with E-state index in [0.717, 1.165) is 0 Å². The Morgan fingerprint density at radius 1 is 0.821 bits per heavy atom. The minimum absolute atomic E-state index is 0.117. The molecule has 0 saturated carbocycles. The first-order chi connectivity index (χ1) is 13.2. The monoisotopic (exact) mass is 420 g/mol. The lowest BCUT2D eigenvalue weighted by Crippen LogP contribution is -2.05. The molecule has 4 aromatic rings. The van der Waals surface area contributed by atoms with Crippen LogP contribution < -0.4 is 0 Å². The second kappa shape index (κ2) is 6.25. The molecule has 0 aliphatic heterocycles. The summed E-state index contributed by atoms with van der Waals surface area (Å²) in [5, 5.41) is 21.7. The molecule has 0 unspecified atom stereocenters. The van der Waals surface area contributed by atoms with Crippen molar-refractivity contribution >= 4 is 62.4 Å². The van der Waals surface area contributed by atoms with E-state index in [1.54, 1.807) is 0 Å². The van der Waals surface area contributed by atoms with E-state index in [2.05, 4.69) is 19.9 Å². The van der Waals surface area contributed by atoms with Gasteiger partial charge in [-0.25, -0.2) is 9.97 Å². The van der Waals surface area contributed by atoms with Gasteiger partial charge in [0.2, 0.25) is 0 Å². The van der Waals surface area contributed by atoms with Gasteiger partial charge in [0.25, 0.3) is 17.2 Å². The minimum Gasteiger partial charge on any atom is -0.335 e. The van der Waals surface area contributed by atoms with Crippen LogP contribution in [0, 0.1) is 20.2 Å². The quantitative estimate of drug-likeness (QED) is 0.288. The van der Waals surface area contributed by atoms with Gasteiger partial charge in [-0.05, 0) is 12.1 Å². The molecule has 0 aliphatic carbocycles. The Morgan fingerprint density at radius 3 is 1.57 bits per heavy atom. The van der Waals surface area contributed by atoms with Crippen LogP contribution in [0.25, 0.3) is 22.1 Å². The number of hydrogen-bond acceptors (Lipinski definition) is 7. The largest absolute Gasteiger partial charge is 0.335 e. The van der Waals surface area contributed by atoms with E-state index in [1.165, 1.54) is 24.3 Å². The zero-order valence-corrected chi connectivity index (χ0v) is 14.9. The average Bonchev–Trinajstić information content (AvgIpc) is 3.22. The number of rotatable bonds is 4. The number of nitrogens with zero attached hydrogens (tertiary/aromatic N) is 4. The third kappa shape index (κ3) is 2.82. The van der Waals surface area contributed by atoms with Gasteiger partial charge in [0.15, 0.2) is 11.6 Å². The summed E-state index contributed by atoms with van der Waals surface area (Å²) < 4.78 is 0. The van der Waals surface area contributed by atoms with Crippen molar-refractivity contribution in [1.29, 1.82) is 0 Å². The van der Waals surface area contributed by atoms with Crippen LogP contribution in [-0.4, -0.2) is 35.6 Å². The number of carbonyl (C=O) groups excluding carboxylic acids is 1. The second-order valence-corrected chi connectivity index (χ2v) is 6.47. The molecule has 28 heavy (non-hydrogen) atoms. The lowest BCUT2D eigenvalue weighted by atomic mass is 10.3. The van der Waals surface area contributed by atoms with Crippen LogP contribution in [0.1, 0.15) is 16.4 Å². The number of carbonyl (C=O) groups is 1. The van der Waals surface area contributed by atoms with Gasteiger partial charge in [-0.2, -0.15) is 0 Å². The second-order valence-electron chi connectivity index (χ2n) is 5.66. The van der Waals surface area contributed by atoms with Crippen LogP contribution in [-0.2, 0) is 0 Å². The van der Waals surface area contributed by atoms with Gasteiger partial charge in [-0.15, -0.1) is 0 Å². The number of ketones is 1. The third-order valence-corrected chi connectivity index (χ3v) is 4.53. The zero-order chi connectivity index (χ0) is 20.2. The number of nitrogens with one attached hydrogen (secondary N) is 2. The first-order valence-electron chi connectivity index (χ1n) is 7.46. The van der Waals surface area contributed by atoms with Crippen molar-refractivity contribution in [2.45, 2.75) is 0 Å². The maximum atomic E-state index is 12.7. The number of nitro groups is 2. The van der Waals surface area contributed by atoms with Crippen molar-refractivity contribution in [3.8, 4) is 0 Å². The zero-order valence-electron chi connectivity index (χ0n) is 13.4. The summed E-state index contributed by atoms with van der Waals surface area (Å²) in [6.07, 6.45) is 0. The average molecular weight is 421 g/mol. The Balaban J connectivity index is 1.78. The van der Waals surface area contributed by atoms with E-state index >= 15 is 0 Å². The topological polar surface area (TPSA) is 161 Å². The van der Waals surface area contributed by atoms with Crippen LogP contribution >= 0.6 is 23.2 Å². The van der Waals surface area contributed by atoms with E-state index < -0.39 is 15.6 Å². The summed E-state index contributed by atoms with van der Waals surface area (Å²) in [6, 6.07) is 4.88. The van der Waals surface area contributed by atoms with Crippen LogP contribution in [0.4, 0.5) is 11.4 Å². The van der Waals surface area contributed by atoms with Gasteiger partial charge in [-0.3, -0.25) is 25.0 Å². The van der Waals surface area contributed by atoms with Gasteiger partial charge in [0, 0.05) is 12.1 Å². The van der Waals surface area contributed by atoms with Crippen LogP contribution in [0.2, 0.25) is 10.0 Å². The van der Waals surface area contributed by atoms with E-state index in [9.17, 15) is 25.0 Å². The van der Waals surface area contributed by atoms with Gasteiger partial charge >= 0.3 is 0 Å². The molecular formula is C15H6Cl2N6O5. The van der Waals surface area contributed by atoms with Crippen molar-refractivity contribution < 1.29 is 14.6 Å². The summed E-state index contributed by atoms with van der Waals surface area (Å²) in [5.41, 5.74) is 0.344. The molecule has 0 saturated heterocycles. The van der Waals surface area contributed by atoms with Crippen molar-refractivity contribution in [1.82, 2.24) is 19.9 Å². The number of fused-ring (bicyclic) bond motifs is 2. The molecule has 0 bridgehead atoms. The van der Waals surface area contributed by atoms with E-state index in [1.807, 2.05) is 0 Å². The molecule has 2 aromatic heterocycles. The standard InChI is InChI=1S/C15H6Cl2N6O5/c16-5-1-7-9(3-11(5)22(25)26)20-14(18-7)13(24)15-19-8-2-6(17)12(23(27)28)4-10(8)21-15/h1-4H,(H,18,20)(H,19,21). The number of nitro benzene ring substituents is 2. The molecule has 0 aliphatic rings. The molecule has 0 radical (unpaired) electrons. The highest BCUT2D eigenvalue weighted by atomic mass is 35.5. The van der Waals surface area contributed by atoms with Crippen molar-refractivity contribution in [2.24, 2.45) is 0 Å². The van der Waals surface area contributed by atoms with Gasteiger partial charge in [0.05, 0.1) is 31.9 Å². The number of benzene rings is 2. The predicted octanol–water partition coefficient (Wildman–Crippen LogP) is 3.79. The number of H-pyrrole nitrogens is 2. The fraction of sp³-hybridized carbons (Fsp3) is 0. The molecule has 2 heterocycles. The first-order valence-corrected chi connectivity index (χ1v) is 8.22. The first kappa shape index (κ1) is 17.8. The highest BCUT2D eigenvalue weighted by molar-refractivity contribution is 6.33. The molecule has 2 N–H and O–H groups in total. The number of halogens is 2. The fourth-order valence-electron chi connectivity index (χ4n) is 2.65.